The number of likely N-dealkylation sites (N-methyl/N-ethyl adjacent to an activating group) is 1. The first kappa shape index (κ1) is 22.9. The van der Waals surface area contributed by atoms with E-state index in [4.69, 9.17) is 0 Å². The maximum atomic E-state index is 13.8. The minimum absolute atomic E-state index is 0. The molecule has 0 heterocycles. The second-order valence-electron chi connectivity index (χ2n) is 6.17. The Hall–Kier alpha value is -2.16. The van der Waals surface area contributed by atoms with Gasteiger partial charge in [0.05, 0.1) is 19.1 Å². The van der Waals surface area contributed by atoms with E-state index in [0.29, 0.717) is 11.5 Å². The lowest BCUT2D eigenvalue weighted by atomic mass is 10.1. The second kappa shape index (κ2) is 11.5. The molecule has 1 amide bonds. The van der Waals surface area contributed by atoms with Crippen molar-refractivity contribution in [2.45, 2.75) is 19.5 Å². The third-order valence-electron chi connectivity index (χ3n) is 3.92. The molecule has 0 aliphatic rings. The van der Waals surface area contributed by atoms with Crippen molar-refractivity contribution in [1.29, 1.82) is 0 Å². The topological polar surface area (TPSA) is 56.7 Å². The van der Waals surface area contributed by atoms with Crippen LogP contribution in [0.4, 0.5) is 4.39 Å². The number of hydrogen-bond acceptors (Lipinski definition) is 2. The molecule has 0 fully saturated rings. The Morgan fingerprint density at radius 2 is 1.74 bits per heavy atom. The van der Waals surface area contributed by atoms with E-state index in [1.54, 1.807) is 32.3 Å². The highest BCUT2D eigenvalue weighted by molar-refractivity contribution is 14.0. The van der Waals surface area contributed by atoms with Crippen LogP contribution in [0.3, 0.4) is 0 Å². The Kier molecular flexibility index (Phi) is 9.77. The number of hydrogen-bond donors (Lipinski definition) is 2. The minimum Gasteiger partial charge on any atom is -0.350 e. The minimum atomic E-state index is -0.295. The van der Waals surface area contributed by atoms with Crippen molar-refractivity contribution >= 4 is 35.8 Å². The summed E-state index contributed by atoms with van der Waals surface area (Å²) in [6.45, 7) is 2.29. The first-order valence-corrected chi connectivity index (χ1v) is 8.50. The number of halogens is 2. The molecular weight excluding hydrogens is 458 g/mol. The molecule has 0 bridgehead atoms. The Balaban J connectivity index is 0.00000364. The van der Waals surface area contributed by atoms with Crippen molar-refractivity contribution in [2.24, 2.45) is 4.99 Å². The van der Waals surface area contributed by atoms with E-state index in [0.717, 1.165) is 5.56 Å². The average molecular weight is 484 g/mol. The Bertz CT molecular complexity index is 753. The van der Waals surface area contributed by atoms with E-state index in [9.17, 15) is 9.18 Å². The van der Waals surface area contributed by atoms with E-state index in [1.165, 1.54) is 11.0 Å². The van der Waals surface area contributed by atoms with E-state index < -0.39 is 0 Å². The van der Waals surface area contributed by atoms with Crippen molar-refractivity contribution in [3.8, 4) is 0 Å². The number of nitrogens with one attached hydrogen (secondary N) is 2. The first-order valence-electron chi connectivity index (χ1n) is 8.50. The normalized spacial score (nSPS) is 11.9. The summed E-state index contributed by atoms with van der Waals surface area (Å²) in [7, 11) is 3.39. The Morgan fingerprint density at radius 3 is 2.37 bits per heavy atom. The fourth-order valence-corrected chi connectivity index (χ4v) is 2.29. The van der Waals surface area contributed by atoms with Crippen LogP contribution in [-0.2, 0) is 11.3 Å². The molecule has 146 valence electrons. The first-order chi connectivity index (χ1) is 12.5. The fraction of sp³-hybridized carbons (Fsp3) is 0.300. The number of aliphatic imine (C=N–C) groups is 1. The smallest absolute Gasteiger partial charge is 0.241 e. The summed E-state index contributed by atoms with van der Waals surface area (Å²) in [4.78, 5) is 17.8. The van der Waals surface area contributed by atoms with Crippen molar-refractivity contribution in [2.75, 3.05) is 20.6 Å². The van der Waals surface area contributed by atoms with E-state index in [2.05, 4.69) is 15.6 Å². The molecule has 0 radical (unpaired) electrons. The molecular formula is C20H26FIN4O. The van der Waals surface area contributed by atoms with Gasteiger partial charge in [0.25, 0.3) is 0 Å². The average Bonchev–Trinajstić information content (AvgIpc) is 2.65. The third kappa shape index (κ3) is 7.54. The van der Waals surface area contributed by atoms with Gasteiger partial charge < -0.3 is 15.5 Å². The van der Waals surface area contributed by atoms with Gasteiger partial charge in [0, 0.05) is 19.7 Å². The molecule has 0 aromatic heterocycles. The molecule has 0 aliphatic carbocycles. The summed E-state index contributed by atoms with van der Waals surface area (Å²) in [5.74, 6) is 0.0913. The van der Waals surface area contributed by atoms with Crippen LogP contribution in [0.2, 0.25) is 0 Å². The van der Waals surface area contributed by atoms with Crippen molar-refractivity contribution in [1.82, 2.24) is 15.5 Å². The van der Waals surface area contributed by atoms with Gasteiger partial charge in [-0.2, -0.15) is 0 Å². The van der Waals surface area contributed by atoms with Gasteiger partial charge in [-0.15, -0.1) is 24.0 Å². The van der Waals surface area contributed by atoms with Gasteiger partial charge in [0.15, 0.2) is 5.96 Å². The molecule has 0 saturated carbocycles. The molecule has 5 nitrogen and oxygen atoms in total. The zero-order chi connectivity index (χ0) is 18.9. The quantitative estimate of drug-likeness (QED) is 0.376. The summed E-state index contributed by atoms with van der Waals surface area (Å²) in [5, 5.41) is 6.28. The molecule has 7 heteroatoms. The summed E-state index contributed by atoms with van der Waals surface area (Å²) < 4.78 is 13.8. The molecule has 1 atom stereocenters. The van der Waals surface area contributed by atoms with Crippen LogP contribution in [0.15, 0.2) is 59.6 Å². The monoisotopic (exact) mass is 484 g/mol. The number of rotatable bonds is 6. The number of benzene rings is 2. The molecule has 0 aliphatic heterocycles. The SMILES string of the molecule is CC(NC(=NCc1ccccc1F)NCC(=O)N(C)C)c1ccccc1.I. The number of guanidine groups is 1. The van der Waals surface area contributed by atoms with E-state index >= 15 is 0 Å². The zero-order valence-corrected chi connectivity index (χ0v) is 18.1. The predicted molar refractivity (Wildman–Crippen MR) is 118 cm³/mol. The number of carbonyl (C=O) groups excluding carboxylic acids is 1. The maximum Gasteiger partial charge on any atom is 0.241 e. The van der Waals surface area contributed by atoms with Crippen molar-refractivity contribution < 1.29 is 9.18 Å². The summed E-state index contributed by atoms with van der Waals surface area (Å²) in [5.41, 5.74) is 1.59. The van der Waals surface area contributed by atoms with Crippen LogP contribution < -0.4 is 10.6 Å². The molecule has 2 rings (SSSR count). The lowest BCUT2D eigenvalue weighted by Gasteiger charge is -2.19. The second-order valence-corrected chi connectivity index (χ2v) is 6.17. The van der Waals surface area contributed by atoms with Gasteiger partial charge in [-0.05, 0) is 18.6 Å². The van der Waals surface area contributed by atoms with E-state index in [-0.39, 0.29) is 54.8 Å². The van der Waals surface area contributed by atoms with Gasteiger partial charge in [-0.3, -0.25) is 4.79 Å². The predicted octanol–water partition coefficient (Wildman–Crippen LogP) is 3.33. The lowest BCUT2D eigenvalue weighted by molar-refractivity contribution is -0.127. The lowest BCUT2D eigenvalue weighted by Crippen LogP contribution is -2.43. The summed E-state index contributed by atoms with van der Waals surface area (Å²) >= 11 is 0. The molecule has 27 heavy (non-hydrogen) atoms. The van der Waals surface area contributed by atoms with Crippen LogP contribution in [0.5, 0.6) is 0 Å². The van der Waals surface area contributed by atoms with Gasteiger partial charge >= 0.3 is 0 Å². The highest BCUT2D eigenvalue weighted by Gasteiger charge is 2.10. The Labute approximate surface area is 177 Å². The van der Waals surface area contributed by atoms with E-state index in [1.807, 2.05) is 37.3 Å². The van der Waals surface area contributed by atoms with Crippen LogP contribution in [-0.4, -0.2) is 37.4 Å². The number of nitrogens with zero attached hydrogens (tertiary/aromatic N) is 2. The number of carbonyl (C=O) groups is 1. The van der Waals surface area contributed by atoms with Crippen LogP contribution in [0.1, 0.15) is 24.1 Å². The molecule has 0 spiro atoms. The zero-order valence-electron chi connectivity index (χ0n) is 15.8. The largest absolute Gasteiger partial charge is 0.350 e. The third-order valence-corrected chi connectivity index (χ3v) is 3.92. The van der Waals surface area contributed by atoms with Crippen LogP contribution >= 0.6 is 24.0 Å². The van der Waals surface area contributed by atoms with Crippen molar-refractivity contribution in [3.05, 3.63) is 71.5 Å². The van der Waals surface area contributed by atoms with Gasteiger partial charge in [-0.25, -0.2) is 9.38 Å². The maximum absolute atomic E-state index is 13.8. The summed E-state index contributed by atoms with van der Waals surface area (Å²) in [6, 6.07) is 16.4. The highest BCUT2D eigenvalue weighted by atomic mass is 127. The van der Waals surface area contributed by atoms with Gasteiger partial charge in [0.1, 0.15) is 5.82 Å². The van der Waals surface area contributed by atoms with Crippen LogP contribution in [0.25, 0.3) is 0 Å². The molecule has 2 N–H and O–H groups in total. The van der Waals surface area contributed by atoms with Gasteiger partial charge in [0.2, 0.25) is 5.91 Å². The number of amides is 1. The van der Waals surface area contributed by atoms with Crippen molar-refractivity contribution in [3.63, 3.8) is 0 Å². The Morgan fingerprint density at radius 1 is 1.11 bits per heavy atom. The highest BCUT2D eigenvalue weighted by Crippen LogP contribution is 2.11. The van der Waals surface area contributed by atoms with Crippen LogP contribution in [0, 0.1) is 5.82 Å². The standard InChI is InChI=1S/C20H25FN4O.HI/c1-15(16-9-5-4-6-10-16)24-20(23-14-19(26)25(2)3)22-13-17-11-7-8-12-18(17)21;/h4-12,15H,13-14H2,1-3H3,(H2,22,23,24);1H. The summed E-state index contributed by atoms with van der Waals surface area (Å²) in [6.07, 6.45) is 0. The fourth-order valence-electron chi connectivity index (χ4n) is 2.29. The molecule has 1 unspecified atom stereocenters. The molecule has 0 saturated heterocycles. The molecule has 2 aromatic carbocycles. The molecule has 2 aromatic rings. The van der Waals surface area contributed by atoms with Gasteiger partial charge in [-0.1, -0.05) is 48.5 Å².